The third-order valence-electron chi connectivity index (χ3n) is 0.118. The van der Waals surface area contributed by atoms with Gasteiger partial charge in [0.15, 0.2) is 0 Å². The lowest BCUT2D eigenvalue weighted by molar-refractivity contribution is 0.568. The van der Waals surface area contributed by atoms with Crippen LogP contribution in [0.1, 0.15) is 0 Å². The van der Waals surface area contributed by atoms with E-state index in [0.717, 1.165) is 5.91 Å². The summed E-state index contributed by atoms with van der Waals surface area (Å²) in [7, 11) is 0.460. The average molecular weight is 72.1 g/mol. The summed E-state index contributed by atoms with van der Waals surface area (Å²) in [6.45, 7) is 1.84. The average Bonchev–Trinajstić information content (AvgIpc) is 1.37. The summed E-state index contributed by atoms with van der Waals surface area (Å²) in [5.74, 6) is 0.903. The molecule has 0 N–H and O–H groups in total. The maximum absolute atomic E-state index is 9.19. The molecule has 0 heterocycles. The molecule has 22 valence electrons. The van der Waals surface area contributed by atoms with Gasteiger partial charge in [0, 0.05) is 0 Å². The van der Waals surface area contributed by atoms with E-state index < -0.39 is 0 Å². The molecule has 0 aliphatic rings. The first-order chi connectivity index (χ1) is 1.91. The zero-order valence-corrected chi connectivity index (χ0v) is 3.49. The third kappa shape index (κ3) is 1.89. The summed E-state index contributed by atoms with van der Waals surface area (Å²) in [6, 6.07) is 0. The molecule has 4 heavy (non-hydrogen) atoms. The summed E-state index contributed by atoms with van der Waals surface area (Å²) in [4.78, 5) is 9.19. The van der Waals surface area contributed by atoms with Crippen molar-refractivity contribution in [3.63, 3.8) is 0 Å². The Morgan fingerprint density at radius 2 is 2.25 bits per heavy atom. The van der Waals surface area contributed by atoms with Crippen LogP contribution < -0.4 is 0 Å². The molecule has 0 atom stereocenters. The Kier molecular flexibility index (Phi) is 2.81. The minimum Gasteiger partial charge on any atom is -0.310 e. The van der Waals surface area contributed by atoms with Crippen LogP contribution in [0.25, 0.3) is 0 Å². The molecule has 0 aliphatic carbocycles. The van der Waals surface area contributed by atoms with Gasteiger partial charge in [0.05, 0.1) is 5.91 Å². The van der Waals surface area contributed by atoms with Crippen LogP contribution in [0.5, 0.6) is 0 Å². The van der Waals surface area contributed by atoms with Gasteiger partial charge in [-0.15, -0.1) is 0 Å². The van der Waals surface area contributed by atoms with Gasteiger partial charge in [-0.1, -0.05) is 6.55 Å². The summed E-state index contributed by atoms with van der Waals surface area (Å²) in [5.41, 5.74) is 0. The second kappa shape index (κ2) is 2.89. The van der Waals surface area contributed by atoms with Crippen molar-refractivity contribution in [2.75, 3.05) is 0 Å². The fourth-order valence-electron chi connectivity index (χ4n) is 0. The first-order valence-electron chi connectivity index (χ1n) is 1.02. The minimum atomic E-state index is 0.460. The second-order valence-corrected chi connectivity index (χ2v) is 1.22. The minimum absolute atomic E-state index is 0.460. The van der Waals surface area contributed by atoms with Crippen LogP contribution in [0, 0.1) is 0 Å². The van der Waals surface area contributed by atoms with Crippen molar-refractivity contribution in [2.24, 2.45) is 0 Å². The number of carbonyl (C=O) groups is 1. The van der Waals surface area contributed by atoms with Crippen molar-refractivity contribution < 1.29 is 4.79 Å². The fourth-order valence-corrected chi connectivity index (χ4v) is 0. The van der Waals surface area contributed by atoms with Crippen LogP contribution in [-0.2, 0) is 4.79 Å². The predicted octanol–water partition coefficient (Wildman–Crippen LogP) is -0.0711. The number of hydrogen-bond acceptors (Lipinski definition) is 1. The lowest BCUT2D eigenvalue weighted by atomic mass is 11.8. The van der Waals surface area contributed by atoms with Gasteiger partial charge in [-0.3, -0.25) is 0 Å². The van der Waals surface area contributed by atoms with E-state index in [-0.39, 0.29) is 0 Å². The van der Waals surface area contributed by atoms with E-state index in [1.165, 1.54) is 0 Å². The van der Waals surface area contributed by atoms with Gasteiger partial charge in [0.2, 0.25) is 0 Å². The summed E-state index contributed by atoms with van der Waals surface area (Å²) >= 11 is 0. The van der Waals surface area contributed by atoms with Crippen molar-refractivity contribution in [3.8, 4) is 0 Å². The first kappa shape index (κ1) is 3.89. The lowest BCUT2D eigenvalue weighted by Crippen LogP contribution is -1.75. The van der Waals surface area contributed by atoms with Crippen LogP contribution in [0.2, 0.25) is 6.55 Å². The van der Waals surface area contributed by atoms with Gasteiger partial charge in [0.1, 0.15) is 9.52 Å². The number of carbonyl (C=O) groups excluding carboxylic acids is 1. The third-order valence-corrected chi connectivity index (χ3v) is 0.354. The Morgan fingerprint density at radius 1 is 2.00 bits per heavy atom. The molecule has 0 unspecified atom stereocenters. The van der Waals surface area contributed by atoms with Gasteiger partial charge in [0.25, 0.3) is 0 Å². The fraction of sp³-hybridized carbons (Fsp3) is 0.500. The molecule has 2 heteroatoms. The Morgan fingerprint density at radius 3 is 2.25 bits per heavy atom. The molecule has 0 aromatic carbocycles. The van der Waals surface area contributed by atoms with E-state index in [0.29, 0.717) is 9.52 Å². The highest BCUT2D eigenvalue weighted by atomic mass is 28.2. The standard InChI is InChI=1S/C2H4OSi/c1-4-2-3/h2H,1H3. The van der Waals surface area contributed by atoms with Crippen LogP contribution in [0.4, 0.5) is 0 Å². The second-order valence-electron chi connectivity index (χ2n) is 0.407. The first-order valence-corrected chi connectivity index (χ1v) is 2.60. The smallest absolute Gasteiger partial charge is 0.124 e. The van der Waals surface area contributed by atoms with E-state index >= 15 is 0 Å². The molecule has 0 aromatic rings. The maximum Gasteiger partial charge on any atom is 0.124 e. The summed E-state index contributed by atoms with van der Waals surface area (Å²) in [5, 5.41) is 0. The van der Waals surface area contributed by atoms with Crippen LogP contribution >= 0.6 is 0 Å². The van der Waals surface area contributed by atoms with Crippen molar-refractivity contribution in [2.45, 2.75) is 6.55 Å². The summed E-state index contributed by atoms with van der Waals surface area (Å²) < 4.78 is 0. The van der Waals surface area contributed by atoms with Gasteiger partial charge in [-0.05, 0) is 0 Å². The molecule has 2 radical (unpaired) electrons. The van der Waals surface area contributed by atoms with Crippen LogP contribution in [0.15, 0.2) is 0 Å². The molecule has 0 aromatic heterocycles. The normalized spacial score (nSPS) is 6.25. The Bertz CT molecular complexity index is 20.0. The van der Waals surface area contributed by atoms with Gasteiger partial charge < -0.3 is 4.79 Å². The zero-order chi connectivity index (χ0) is 3.41. The quantitative estimate of drug-likeness (QED) is 0.313. The number of rotatable bonds is 1. The Balaban J connectivity index is 2.30. The SMILES string of the molecule is C[Si]C=O. The zero-order valence-electron chi connectivity index (χ0n) is 2.49. The lowest BCUT2D eigenvalue weighted by Gasteiger charge is -1.47. The number of hydrogen-bond donors (Lipinski definition) is 0. The van der Waals surface area contributed by atoms with E-state index in [1.807, 2.05) is 6.55 Å². The molecule has 0 saturated carbocycles. The molecule has 0 aliphatic heterocycles. The molecule has 1 nitrogen and oxygen atoms in total. The van der Waals surface area contributed by atoms with Crippen molar-refractivity contribution in [3.05, 3.63) is 0 Å². The molecular formula is C2H4OSi. The molecule has 0 spiro atoms. The topological polar surface area (TPSA) is 17.1 Å². The Hall–Kier alpha value is -0.113. The van der Waals surface area contributed by atoms with Crippen LogP contribution in [0.3, 0.4) is 0 Å². The maximum atomic E-state index is 9.19. The van der Waals surface area contributed by atoms with Gasteiger partial charge in [-0.25, -0.2) is 0 Å². The van der Waals surface area contributed by atoms with E-state index in [2.05, 4.69) is 0 Å². The predicted molar refractivity (Wildman–Crippen MR) is 18.4 cm³/mol. The molecule has 0 saturated heterocycles. The van der Waals surface area contributed by atoms with Crippen LogP contribution in [-0.4, -0.2) is 15.4 Å². The monoisotopic (exact) mass is 72.0 g/mol. The Labute approximate surface area is 27.8 Å². The van der Waals surface area contributed by atoms with Crippen molar-refractivity contribution >= 4 is 15.4 Å². The highest BCUT2D eigenvalue weighted by molar-refractivity contribution is 6.65. The van der Waals surface area contributed by atoms with E-state index in [4.69, 9.17) is 0 Å². The van der Waals surface area contributed by atoms with Gasteiger partial charge >= 0.3 is 0 Å². The van der Waals surface area contributed by atoms with Crippen molar-refractivity contribution in [1.29, 1.82) is 0 Å². The molecule has 0 bridgehead atoms. The summed E-state index contributed by atoms with van der Waals surface area (Å²) in [6.07, 6.45) is 0. The van der Waals surface area contributed by atoms with E-state index in [9.17, 15) is 4.79 Å². The van der Waals surface area contributed by atoms with E-state index in [1.54, 1.807) is 0 Å². The molecule has 0 fully saturated rings. The largest absolute Gasteiger partial charge is 0.310 e. The molecule has 0 amide bonds. The molecule has 0 rings (SSSR count). The highest BCUT2D eigenvalue weighted by Crippen LogP contribution is 1.32. The molecular weight excluding hydrogens is 68.1 g/mol. The highest BCUT2D eigenvalue weighted by Gasteiger charge is 1.57. The van der Waals surface area contributed by atoms with Crippen molar-refractivity contribution in [1.82, 2.24) is 0 Å². The van der Waals surface area contributed by atoms with Gasteiger partial charge in [-0.2, -0.15) is 0 Å².